The molecule has 0 bridgehead atoms. The third kappa shape index (κ3) is 10.1. The summed E-state index contributed by atoms with van der Waals surface area (Å²) in [6, 6.07) is 21.5. The van der Waals surface area contributed by atoms with Crippen LogP contribution in [-0.4, -0.2) is 106 Å². The predicted octanol–water partition coefficient (Wildman–Crippen LogP) is 3.69. The second-order valence-corrected chi connectivity index (χ2v) is 11.3. The van der Waals surface area contributed by atoms with Gasteiger partial charge in [0.1, 0.15) is 19.8 Å². The van der Waals surface area contributed by atoms with Crippen molar-refractivity contribution in [3.05, 3.63) is 142 Å². The molecule has 0 saturated carbocycles. The van der Waals surface area contributed by atoms with Crippen LogP contribution < -0.4 is 0 Å². The van der Waals surface area contributed by atoms with Gasteiger partial charge in [0.2, 0.25) is 0 Å². The van der Waals surface area contributed by atoms with Crippen molar-refractivity contribution >= 4 is 47.6 Å². The van der Waals surface area contributed by atoms with Crippen molar-refractivity contribution in [2.45, 2.75) is 12.2 Å². The molecule has 4 aromatic carbocycles. The van der Waals surface area contributed by atoms with Gasteiger partial charge in [0, 0.05) is 5.56 Å². The molecule has 0 aromatic heterocycles. The molecule has 2 atom stereocenters. The van der Waals surface area contributed by atoms with Crippen LogP contribution in [0.25, 0.3) is 0 Å². The first-order valence-corrected chi connectivity index (χ1v) is 16.5. The van der Waals surface area contributed by atoms with Gasteiger partial charge in [-0.05, 0) is 42.5 Å². The standard InChI is InChI=1S/C40H34O16/c1-50-34(43)25-14-6-9-17-28(25)38(47)54-22-33(56-40(49)30-19-11-8-16-27(30)36(45)52-3)32(55-39(48)29-18-10-7-15-26(29)35(44)51-2)21-53-37(46)24-13-5-4-12-23(24)31(42)20-41/h4-19,32-33,41H,20-22H2,1-3H3. The van der Waals surface area contributed by atoms with Crippen molar-refractivity contribution in [2.24, 2.45) is 0 Å². The molecule has 1 N–H and O–H groups in total. The van der Waals surface area contributed by atoms with Gasteiger partial charge < -0.3 is 38.3 Å². The minimum absolute atomic E-state index is 0.173. The molecule has 0 fully saturated rings. The maximum absolute atomic E-state index is 13.7. The van der Waals surface area contributed by atoms with Crippen LogP contribution >= 0.6 is 0 Å². The molecule has 56 heavy (non-hydrogen) atoms. The van der Waals surface area contributed by atoms with E-state index in [0.717, 1.165) is 21.3 Å². The lowest BCUT2D eigenvalue weighted by Gasteiger charge is -2.27. The lowest BCUT2D eigenvalue weighted by molar-refractivity contribution is -0.0753. The number of esters is 7. The Labute approximate surface area is 318 Å². The molecule has 4 aromatic rings. The zero-order valence-corrected chi connectivity index (χ0v) is 30.1. The molecule has 0 spiro atoms. The highest BCUT2D eigenvalue weighted by Gasteiger charge is 2.35. The van der Waals surface area contributed by atoms with E-state index in [9.17, 15) is 43.5 Å². The highest BCUT2D eigenvalue weighted by atomic mass is 16.6. The summed E-state index contributed by atoms with van der Waals surface area (Å²) in [5.41, 5.74) is -1.98. The van der Waals surface area contributed by atoms with Crippen molar-refractivity contribution in [3.63, 3.8) is 0 Å². The lowest BCUT2D eigenvalue weighted by Crippen LogP contribution is -2.43. The summed E-state index contributed by atoms with van der Waals surface area (Å²) in [6.45, 7) is -2.78. The minimum atomic E-state index is -1.85. The molecular weight excluding hydrogens is 736 g/mol. The highest BCUT2D eigenvalue weighted by Crippen LogP contribution is 2.21. The third-order valence-electron chi connectivity index (χ3n) is 7.94. The van der Waals surface area contributed by atoms with Gasteiger partial charge >= 0.3 is 41.8 Å². The average Bonchev–Trinajstić information content (AvgIpc) is 3.24. The van der Waals surface area contributed by atoms with Crippen molar-refractivity contribution < 1.29 is 76.6 Å². The van der Waals surface area contributed by atoms with Gasteiger partial charge in [-0.25, -0.2) is 33.6 Å². The molecule has 0 heterocycles. The van der Waals surface area contributed by atoms with Gasteiger partial charge in [-0.15, -0.1) is 0 Å². The molecule has 0 saturated heterocycles. The van der Waals surface area contributed by atoms with E-state index in [0.29, 0.717) is 0 Å². The van der Waals surface area contributed by atoms with Gasteiger partial charge in [0.05, 0.1) is 60.3 Å². The van der Waals surface area contributed by atoms with Crippen molar-refractivity contribution in [1.29, 1.82) is 0 Å². The number of ether oxygens (including phenoxy) is 7. The summed E-state index contributed by atoms with van der Waals surface area (Å²) in [5, 5.41) is 9.43. The first-order chi connectivity index (χ1) is 26.9. The molecule has 0 amide bonds. The second kappa shape index (κ2) is 19.8. The smallest absolute Gasteiger partial charge is 0.339 e. The summed E-state index contributed by atoms with van der Waals surface area (Å²) < 4.78 is 36.6. The van der Waals surface area contributed by atoms with Crippen LogP contribution in [0, 0.1) is 0 Å². The Morgan fingerprint density at radius 3 is 0.946 bits per heavy atom. The minimum Gasteiger partial charge on any atom is -0.465 e. The second-order valence-electron chi connectivity index (χ2n) is 11.3. The molecular formula is C40H34O16. The summed E-state index contributed by atoms with van der Waals surface area (Å²) in [7, 11) is 3.27. The van der Waals surface area contributed by atoms with Gasteiger partial charge in [-0.1, -0.05) is 54.6 Å². The Kier molecular flexibility index (Phi) is 14.7. The number of carbonyl (C=O) groups is 8. The zero-order valence-electron chi connectivity index (χ0n) is 30.1. The number of aliphatic hydroxyl groups is 1. The van der Waals surface area contributed by atoms with Gasteiger partial charge in [-0.2, -0.15) is 0 Å². The number of hydrogen-bond acceptors (Lipinski definition) is 16. The van der Waals surface area contributed by atoms with Gasteiger partial charge in [-0.3, -0.25) is 4.79 Å². The van der Waals surface area contributed by atoms with E-state index in [1.54, 1.807) is 0 Å². The van der Waals surface area contributed by atoms with Crippen LogP contribution in [0.4, 0.5) is 0 Å². The maximum atomic E-state index is 13.7. The van der Waals surface area contributed by atoms with Crippen molar-refractivity contribution in [2.75, 3.05) is 41.2 Å². The highest BCUT2D eigenvalue weighted by molar-refractivity contribution is 6.07. The number of benzene rings is 4. The largest absolute Gasteiger partial charge is 0.465 e. The van der Waals surface area contributed by atoms with E-state index >= 15 is 0 Å². The molecule has 4 rings (SSSR count). The van der Waals surface area contributed by atoms with Crippen LogP contribution in [0.2, 0.25) is 0 Å². The fraction of sp³-hybridized carbons (Fsp3) is 0.200. The molecule has 0 radical (unpaired) electrons. The fourth-order valence-corrected chi connectivity index (χ4v) is 5.14. The number of hydrogen-bond donors (Lipinski definition) is 1. The molecule has 16 heteroatoms. The SMILES string of the molecule is COC(=O)c1ccccc1C(=O)OCC(OC(=O)c1ccccc1C(=O)OC)C(COC(=O)c1ccccc1C(=O)CO)OC(=O)c1ccccc1C(=O)OC. The number of rotatable bonds is 16. The van der Waals surface area contributed by atoms with E-state index in [2.05, 4.69) is 0 Å². The fourth-order valence-electron chi connectivity index (χ4n) is 5.14. The Morgan fingerprint density at radius 1 is 0.411 bits per heavy atom. The van der Waals surface area contributed by atoms with Crippen LogP contribution in [-0.2, 0) is 33.2 Å². The zero-order chi connectivity index (χ0) is 40.8. The van der Waals surface area contributed by atoms with Crippen LogP contribution in [0.5, 0.6) is 0 Å². The molecule has 0 aliphatic heterocycles. The van der Waals surface area contributed by atoms with Crippen LogP contribution in [0.1, 0.15) is 82.9 Å². The van der Waals surface area contributed by atoms with E-state index in [1.165, 1.54) is 97.1 Å². The summed E-state index contributed by atoms with van der Waals surface area (Å²) in [4.78, 5) is 104. The number of ketones is 1. The number of Topliss-reactive ketones (excluding diaryl/α,β-unsaturated/α-hetero) is 1. The molecule has 290 valence electrons. The van der Waals surface area contributed by atoms with Gasteiger partial charge in [0.15, 0.2) is 18.0 Å². The van der Waals surface area contributed by atoms with E-state index in [4.69, 9.17) is 33.2 Å². The van der Waals surface area contributed by atoms with E-state index in [1.807, 2.05) is 0 Å². The Balaban J connectivity index is 1.78. The Morgan fingerprint density at radius 2 is 0.661 bits per heavy atom. The van der Waals surface area contributed by atoms with Crippen LogP contribution in [0.15, 0.2) is 97.1 Å². The Bertz CT molecular complexity index is 1990. The first-order valence-electron chi connectivity index (χ1n) is 16.5. The van der Waals surface area contributed by atoms with E-state index < -0.39 is 79.6 Å². The molecule has 0 aliphatic rings. The van der Waals surface area contributed by atoms with Crippen molar-refractivity contribution in [1.82, 2.24) is 0 Å². The first kappa shape index (κ1) is 41.6. The quantitative estimate of drug-likeness (QED) is 0.0975. The Hall–Kier alpha value is -7.20. The molecule has 2 unspecified atom stereocenters. The normalized spacial score (nSPS) is 11.5. The van der Waals surface area contributed by atoms with Gasteiger partial charge in [0.25, 0.3) is 0 Å². The topological polar surface area (TPSA) is 221 Å². The lowest BCUT2D eigenvalue weighted by atomic mass is 10.0. The molecule has 0 aliphatic carbocycles. The number of carbonyl (C=O) groups excluding carboxylic acids is 8. The third-order valence-corrected chi connectivity index (χ3v) is 7.94. The summed E-state index contributed by atoms with van der Waals surface area (Å²) >= 11 is 0. The van der Waals surface area contributed by atoms with Crippen molar-refractivity contribution in [3.8, 4) is 0 Å². The average molecular weight is 771 g/mol. The molecule has 16 nitrogen and oxygen atoms in total. The number of aliphatic hydroxyl groups excluding tert-OH is 1. The summed E-state index contributed by atoms with van der Waals surface area (Å²) in [5.74, 6) is -8.17. The maximum Gasteiger partial charge on any atom is 0.339 e. The number of methoxy groups -OCH3 is 3. The van der Waals surface area contributed by atoms with Crippen LogP contribution in [0.3, 0.4) is 0 Å². The van der Waals surface area contributed by atoms with E-state index in [-0.39, 0.29) is 44.5 Å². The predicted molar refractivity (Wildman–Crippen MR) is 190 cm³/mol. The summed E-state index contributed by atoms with van der Waals surface area (Å²) in [6.07, 6.45) is -3.70. The monoisotopic (exact) mass is 770 g/mol.